The molecule has 1 aliphatic heterocycles. The van der Waals surface area contributed by atoms with E-state index in [2.05, 4.69) is 54.9 Å². The smallest absolute Gasteiger partial charge is 0.0458 e. The Morgan fingerprint density at radius 1 is 1.23 bits per heavy atom. The number of piperidine rings is 1. The lowest BCUT2D eigenvalue weighted by atomic mass is 9.79. The molecule has 0 saturated carbocycles. The Hall–Kier alpha value is -1.32. The van der Waals surface area contributed by atoms with Crippen LogP contribution in [-0.4, -0.2) is 35.6 Å². The third-order valence-electron chi connectivity index (χ3n) is 5.44. The molecular formula is C19H29N3. The van der Waals surface area contributed by atoms with Crippen molar-refractivity contribution in [1.29, 1.82) is 0 Å². The number of H-pyrrole nitrogens is 1. The van der Waals surface area contributed by atoms with Crippen molar-refractivity contribution in [2.45, 2.75) is 45.6 Å². The molecule has 1 aromatic carbocycles. The molecule has 120 valence electrons. The van der Waals surface area contributed by atoms with Gasteiger partial charge in [-0.1, -0.05) is 18.2 Å². The van der Waals surface area contributed by atoms with Crippen LogP contribution in [0.4, 0.5) is 0 Å². The van der Waals surface area contributed by atoms with E-state index in [-0.39, 0.29) is 0 Å². The van der Waals surface area contributed by atoms with Crippen LogP contribution >= 0.6 is 0 Å². The maximum atomic E-state index is 6.22. The van der Waals surface area contributed by atoms with Gasteiger partial charge in [0.1, 0.15) is 0 Å². The second-order valence-corrected chi connectivity index (χ2v) is 7.02. The molecule has 1 unspecified atom stereocenters. The highest BCUT2D eigenvalue weighted by molar-refractivity contribution is 5.85. The molecular weight excluding hydrogens is 270 g/mol. The van der Waals surface area contributed by atoms with Crippen molar-refractivity contribution in [1.82, 2.24) is 9.88 Å². The lowest BCUT2D eigenvalue weighted by Gasteiger charge is -2.38. The number of para-hydroxylation sites is 1. The number of nitrogens with one attached hydrogen (secondary N) is 1. The molecule has 3 nitrogen and oxygen atoms in total. The molecule has 0 bridgehead atoms. The number of rotatable bonds is 4. The van der Waals surface area contributed by atoms with Gasteiger partial charge in [0.25, 0.3) is 0 Å². The van der Waals surface area contributed by atoms with Gasteiger partial charge < -0.3 is 15.6 Å². The number of aromatic nitrogens is 1. The van der Waals surface area contributed by atoms with Crippen LogP contribution in [0.2, 0.25) is 0 Å². The first-order valence-electron chi connectivity index (χ1n) is 8.63. The fraction of sp³-hybridized carbons (Fsp3) is 0.579. The lowest BCUT2D eigenvalue weighted by Crippen LogP contribution is -2.40. The number of aromatic amines is 1. The van der Waals surface area contributed by atoms with Gasteiger partial charge in [0, 0.05) is 28.6 Å². The standard InChI is InChI=1S/C19H29N3/c1-13(2)22-10-8-15(9-11-22)17(12-20)19-14(3)21-18-7-5-4-6-16(18)19/h4-7,13,15,17,21H,8-12,20H2,1-3H3. The predicted octanol–water partition coefficient (Wildman–Crippen LogP) is 3.64. The fourth-order valence-corrected chi connectivity index (χ4v) is 4.16. The summed E-state index contributed by atoms with van der Waals surface area (Å²) < 4.78 is 0. The summed E-state index contributed by atoms with van der Waals surface area (Å²) in [7, 11) is 0. The van der Waals surface area contributed by atoms with Crippen LogP contribution in [0.1, 0.15) is 43.9 Å². The summed E-state index contributed by atoms with van der Waals surface area (Å²) in [5, 5.41) is 1.36. The molecule has 2 heterocycles. The quantitative estimate of drug-likeness (QED) is 0.905. The van der Waals surface area contributed by atoms with Crippen molar-refractivity contribution in [3.8, 4) is 0 Å². The lowest BCUT2D eigenvalue weighted by molar-refractivity contribution is 0.138. The zero-order chi connectivity index (χ0) is 15.7. The van der Waals surface area contributed by atoms with Gasteiger partial charge in [0.15, 0.2) is 0 Å². The molecule has 1 fully saturated rings. The summed E-state index contributed by atoms with van der Waals surface area (Å²) in [5.41, 5.74) is 10.2. The monoisotopic (exact) mass is 299 g/mol. The average molecular weight is 299 g/mol. The van der Waals surface area contributed by atoms with Gasteiger partial charge in [-0.15, -0.1) is 0 Å². The van der Waals surface area contributed by atoms with Crippen molar-refractivity contribution in [2.24, 2.45) is 11.7 Å². The molecule has 3 heteroatoms. The summed E-state index contributed by atoms with van der Waals surface area (Å²) in [6, 6.07) is 9.29. The van der Waals surface area contributed by atoms with Crippen LogP contribution in [0.5, 0.6) is 0 Å². The van der Waals surface area contributed by atoms with Crippen molar-refractivity contribution < 1.29 is 0 Å². The Morgan fingerprint density at radius 3 is 2.55 bits per heavy atom. The number of hydrogen-bond donors (Lipinski definition) is 2. The molecule has 0 spiro atoms. The van der Waals surface area contributed by atoms with Crippen molar-refractivity contribution in [2.75, 3.05) is 19.6 Å². The number of aryl methyl sites for hydroxylation is 1. The van der Waals surface area contributed by atoms with Crippen LogP contribution in [0.3, 0.4) is 0 Å². The minimum atomic E-state index is 0.477. The SMILES string of the molecule is Cc1[nH]c2ccccc2c1C(CN)C1CCN(C(C)C)CC1. The maximum Gasteiger partial charge on any atom is 0.0458 e. The van der Waals surface area contributed by atoms with E-state index in [0.29, 0.717) is 17.9 Å². The zero-order valence-electron chi connectivity index (χ0n) is 14.1. The third kappa shape index (κ3) is 2.80. The van der Waals surface area contributed by atoms with Crippen LogP contribution in [0.15, 0.2) is 24.3 Å². The summed E-state index contributed by atoms with van der Waals surface area (Å²) in [4.78, 5) is 6.13. The number of nitrogens with zero attached hydrogens (tertiary/aromatic N) is 1. The average Bonchev–Trinajstić information content (AvgIpc) is 2.85. The number of fused-ring (bicyclic) bond motifs is 1. The van der Waals surface area contributed by atoms with Crippen LogP contribution < -0.4 is 5.73 Å². The van der Waals surface area contributed by atoms with E-state index in [1.54, 1.807) is 0 Å². The molecule has 0 amide bonds. The first kappa shape index (κ1) is 15.6. The second-order valence-electron chi connectivity index (χ2n) is 7.02. The number of benzene rings is 1. The molecule has 22 heavy (non-hydrogen) atoms. The molecule has 2 aromatic rings. The zero-order valence-corrected chi connectivity index (χ0v) is 14.1. The molecule has 1 aliphatic rings. The van der Waals surface area contributed by atoms with Crippen LogP contribution in [0, 0.1) is 12.8 Å². The fourth-order valence-electron chi connectivity index (χ4n) is 4.16. The van der Waals surface area contributed by atoms with Gasteiger partial charge in [0.2, 0.25) is 0 Å². The predicted molar refractivity (Wildman–Crippen MR) is 94.3 cm³/mol. The number of nitrogens with two attached hydrogens (primary N) is 1. The Labute approximate surface area is 133 Å². The Morgan fingerprint density at radius 2 is 1.91 bits per heavy atom. The second kappa shape index (κ2) is 6.43. The van der Waals surface area contributed by atoms with E-state index in [1.807, 2.05) is 0 Å². The summed E-state index contributed by atoms with van der Waals surface area (Å²) >= 11 is 0. The van der Waals surface area contributed by atoms with E-state index in [0.717, 1.165) is 6.54 Å². The highest BCUT2D eigenvalue weighted by Crippen LogP contribution is 2.37. The minimum absolute atomic E-state index is 0.477. The van der Waals surface area contributed by atoms with Gasteiger partial charge >= 0.3 is 0 Å². The topological polar surface area (TPSA) is 45.1 Å². The molecule has 1 saturated heterocycles. The van der Waals surface area contributed by atoms with Gasteiger partial charge in [-0.3, -0.25) is 0 Å². The molecule has 1 atom stereocenters. The largest absolute Gasteiger partial charge is 0.358 e. The normalized spacial score (nSPS) is 19.1. The Bertz CT molecular complexity index is 621. The maximum absolute atomic E-state index is 6.22. The van der Waals surface area contributed by atoms with Gasteiger partial charge in [-0.05, 0) is 70.8 Å². The molecule has 1 aromatic heterocycles. The first-order chi connectivity index (χ1) is 10.6. The van der Waals surface area contributed by atoms with E-state index in [4.69, 9.17) is 5.73 Å². The Kier molecular flexibility index (Phi) is 4.55. The minimum Gasteiger partial charge on any atom is -0.358 e. The van der Waals surface area contributed by atoms with Crippen LogP contribution in [0.25, 0.3) is 10.9 Å². The van der Waals surface area contributed by atoms with Crippen molar-refractivity contribution in [3.63, 3.8) is 0 Å². The molecule has 3 N–H and O–H groups in total. The van der Waals surface area contributed by atoms with Crippen LogP contribution in [-0.2, 0) is 0 Å². The highest BCUT2D eigenvalue weighted by atomic mass is 15.1. The Balaban J connectivity index is 1.86. The first-order valence-corrected chi connectivity index (χ1v) is 8.63. The number of hydrogen-bond acceptors (Lipinski definition) is 2. The molecule has 0 aliphatic carbocycles. The highest BCUT2D eigenvalue weighted by Gasteiger charge is 2.30. The van der Waals surface area contributed by atoms with Gasteiger partial charge in [-0.25, -0.2) is 0 Å². The van der Waals surface area contributed by atoms with E-state index in [9.17, 15) is 0 Å². The van der Waals surface area contributed by atoms with E-state index < -0.39 is 0 Å². The van der Waals surface area contributed by atoms with Crippen molar-refractivity contribution in [3.05, 3.63) is 35.5 Å². The molecule has 3 rings (SSSR count). The summed E-state index contributed by atoms with van der Waals surface area (Å²) in [5.74, 6) is 1.18. The number of likely N-dealkylation sites (tertiary alicyclic amines) is 1. The van der Waals surface area contributed by atoms with E-state index in [1.165, 1.54) is 48.1 Å². The van der Waals surface area contributed by atoms with Gasteiger partial charge in [0.05, 0.1) is 0 Å². The third-order valence-corrected chi connectivity index (χ3v) is 5.44. The summed E-state index contributed by atoms with van der Waals surface area (Å²) in [6.07, 6.45) is 2.53. The summed E-state index contributed by atoms with van der Waals surface area (Å²) in [6.45, 7) is 9.95. The molecule has 0 radical (unpaired) electrons. The van der Waals surface area contributed by atoms with Crippen molar-refractivity contribution >= 4 is 10.9 Å². The van der Waals surface area contributed by atoms with Gasteiger partial charge in [-0.2, -0.15) is 0 Å². The van der Waals surface area contributed by atoms with E-state index >= 15 is 0 Å².